The fourth-order valence-corrected chi connectivity index (χ4v) is 7.50. The number of anilines is 1. The molecule has 0 spiro atoms. The molecule has 1 N–H and O–H groups in total. The second kappa shape index (κ2) is 13.4. The molecule has 3 unspecified atom stereocenters. The third kappa shape index (κ3) is 6.10. The molecule has 240 valence electrons. The van der Waals surface area contributed by atoms with E-state index in [0.717, 1.165) is 59.0 Å². The van der Waals surface area contributed by atoms with Crippen molar-refractivity contribution in [3.8, 4) is 28.3 Å². The van der Waals surface area contributed by atoms with Gasteiger partial charge in [-0.3, -0.25) is 14.5 Å². The summed E-state index contributed by atoms with van der Waals surface area (Å²) in [4.78, 5) is 35.4. The summed E-state index contributed by atoms with van der Waals surface area (Å²) in [5, 5.41) is 3.61. The number of benzene rings is 2. The van der Waals surface area contributed by atoms with Gasteiger partial charge in [0.1, 0.15) is 5.57 Å². The number of halogens is 1. The van der Waals surface area contributed by atoms with E-state index in [0.29, 0.717) is 29.1 Å². The van der Waals surface area contributed by atoms with Gasteiger partial charge in [-0.2, -0.15) is 0 Å². The van der Waals surface area contributed by atoms with Gasteiger partial charge >= 0.3 is 0 Å². The molecule has 0 bridgehead atoms. The molecule has 8 heteroatoms. The van der Waals surface area contributed by atoms with Crippen LogP contribution in [0.3, 0.4) is 0 Å². The van der Waals surface area contributed by atoms with Crippen molar-refractivity contribution in [3.63, 3.8) is 0 Å². The lowest BCUT2D eigenvalue weighted by molar-refractivity contribution is -0.127. The van der Waals surface area contributed by atoms with Gasteiger partial charge in [-0.15, -0.1) is 0 Å². The van der Waals surface area contributed by atoms with Gasteiger partial charge in [0.05, 0.1) is 17.8 Å². The zero-order valence-electron chi connectivity index (χ0n) is 27.4. The number of nitrogens with zero attached hydrogens (tertiary/aromatic N) is 3. The molecule has 3 aliphatic rings. The second-order valence-electron chi connectivity index (χ2n) is 12.8. The normalized spacial score (nSPS) is 20.5. The predicted octanol–water partition coefficient (Wildman–Crippen LogP) is 7.50. The van der Waals surface area contributed by atoms with Crippen LogP contribution in [0.1, 0.15) is 55.8 Å². The third-order valence-electron chi connectivity index (χ3n) is 9.63. The fraction of sp³-hybridized carbons (Fsp3) is 0.395. The third-order valence-corrected chi connectivity index (χ3v) is 10.0. The number of aryl methyl sites for hydroxylation is 1. The Kier molecular flexibility index (Phi) is 9.34. The maximum absolute atomic E-state index is 13.4. The molecule has 2 amide bonds. The van der Waals surface area contributed by atoms with Crippen molar-refractivity contribution in [2.45, 2.75) is 52.0 Å². The molecule has 2 aromatic carbocycles. The Morgan fingerprint density at radius 2 is 1.80 bits per heavy atom. The molecule has 3 atom stereocenters. The molecule has 6 rings (SSSR count). The fourth-order valence-electron chi connectivity index (χ4n) is 7.18. The van der Waals surface area contributed by atoms with Gasteiger partial charge in [-0.1, -0.05) is 67.9 Å². The molecule has 1 aromatic heterocycles. The predicted molar refractivity (Wildman–Crippen MR) is 185 cm³/mol. The number of hydrogen-bond donors (Lipinski definition) is 1. The van der Waals surface area contributed by atoms with Crippen molar-refractivity contribution >= 4 is 29.1 Å². The van der Waals surface area contributed by atoms with E-state index in [-0.39, 0.29) is 11.5 Å². The van der Waals surface area contributed by atoms with Gasteiger partial charge < -0.3 is 15.0 Å². The number of methoxy groups -OCH3 is 1. The van der Waals surface area contributed by atoms with Crippen molar-refractivity contribution in [2.75, 3.05) is 39.6 Å². The summed E-state index contributed by atoms with van der Waals surface area (Å²) in [5.74, 6) is 1.64. The molecule has 1 aliphatic heterocycles. The Hall–Kier alpha value is -3.94. The number of aromatic nitrogens is 1. The van der Waals surface area contributed by atoms with Crippen molar-refractivity contribution < 1.29 is 14.3 Å². The van der Waals surface area contributed by atoms with E-state index in [9.17, 15) is 9.59 Å². The summed E-state index contributed by atoms with van der Waals surface area (Å²) in [6.45, 7) is 6.42. The number of hydrogen-bond acceptors (Lipinski definition) is 5. The van der Waals surface area contributed by atoms with Crippen LogP contribution in [0.4, 0.5) is 5.69 Å². The zero-order valence-corrected chi connectivity index (χ0v) is 28.2. The molecule has 46 heavy (non-hydrogen) atoms. The van der Waals surface area contributed by atoms with Gasteiger partial charge in [-0.25, -0.2) is 4.98 Å². The highest BCUT2D eigenvalue weighted by Gasteiger charge is 2.48. The average Bonchev–Trinajstić information content (AvgIpc) is 3.43. The molecule has 3 aromatic rings. The molecular weight excluding hydrogens is 596 g/mol. The number of rotatable bonds is 10. The first-order valence-electron chi connectivity index (χ1n) is 16.4. The van der Waals surface area contributed by atoms with Crippen molar-refractivity contribution in [2.24, 2.45) is 11.8 Å². The van der Waals surface area contributed by atoms with Crippen LogP contribution in [0, 0.1) is 11.8 Å². The number of nitrogens with one attached hydrogen (secondary N) is 1. The smallest absolute Gasteiger partial charge is 0.261 e. The van der Waals surface area contributed by atoms with Crippen molar-refractivity contribution in [3.05, 3.63) is 88.0 Å². The minimum absolute atomic E-state index is 0.0718. The maximum Gasteiger partial charge on any atom is 0.261 e. The molecule has 7 nitrogen and oxygen atoms in total. The Morgan fingerprint density at radius 3 is 2.50 bits per heavy atom. The summed E-state index contributed by atoms with van der Waals surface area (Å²) in [6, 6.07) is 14.4. The summed E-state index contributed by atoms with van der Waals surface area (Å²) < 4.78 is 5.92. The molecule has 2 heterocycles. The summed E-state index contributed by atoms with van der Waals surface area (Å²) in [6.07, 6.45) is 10.2. The number of ether oxygens (including phenoxy) is 1. The standard InChI is InChI=1S/C38H43ClN4O3/c1-6-8-9-12-30(38(45)42(3)4)36(44)40-31-16-11-13-27(26(31)7-2)28-14-10-15-29(35(28)39)32-20-23-17-18-33(34(23)37(41-32)46-5)43-21-24-19-25(24)22-43/h8-16,20,24-25,33H,6-7,17-19,21-22H2,1-5H3,(H,40,44)/b9-8+,30-12-. The van der Waals surface area contributed by atoms with Crippen molar-refractivity contribution in [1.82, 2.24) is 14.8 Å². The van der Waals surface area contributed by atoms with Gasteiger partial charge in [0, 0.05) is 55.6 Å². The van der Waals surface area contributed by atoms with E-state index >= 15 is 0 Å². The van der Waals surface area contributed by atoms with Crippen LogP contribution < -0.4 is 10.1 Å². The minimum Gasteiger partial charge on any atom is -0.481 e. The topological polar surface area (TPSA) is 74.8 Å². The first-order chi connectivity index (χ1) is 22.2. The molecule has 1 saturated carbocycles. The van der Waals surface area contributed by atoms with Gasteiger partial charge in [0.15, 0.2) is 0 Å². The molecule has 2 fully saturated rings. The van der Waals surface area contributed by atoms with Crippen LogP contribution in [0.25, 0.3) is 22.4 Å². The van der Waals surface area contributed by atoms with Gasteiger partial charge in [-0.05, 0) is 78.8 Å². The maximum atomic E-state index is 13.4. The van der Waals surface area contributed by atoms with E-state index < -0.39 is 5.91 Å². The number of likely N-dealkylation sites (N-methyl/N-ethyl adjacent to an activating group) is 1. The lowest BCUT2D eigenvalue weighted by Gasteiger charge is -2.27. The molecule has 1 saturated heterocycles. The summed E-state index contributed by atoms with van der Waals surface area (Å²) in [7, 11) is 4.99. The summed E-state index contributed by atoms with van der Waals surface area (Å²) >= 11 is 7.22. The number of carbonyl (C=O) groups is 2. The number of likely N-dealkylation sites (tertiary alicyclic amines) is 1. The van der Waals surface area contributed by atoms with Crippen molar-refractivity contribution in [1.29, 1.82) is 0 Å². The zero-order chi connectivity index (χ0) is 32.5. The Labute approximate surface area is 277 Å². The highest BCUT2D eigenvalue weighted by molar-refractivity contribution is 6.36. The van der Waals surface area contributed by atoms with Crippen LogP contribution in [-0.4, -0.2) is 60.9 Å². The Balaban J connectivity index is 1.33. The largest absolute Gasteiger partial charge is 0.481 e. The first kappa shape index (κ1) is 32.0. The van der Waals surface area contributed by atoms with E-state index in [1.807, 2.05) is 56.3 Å². The second-order valence-corrected chi connectivity index (χ2v) is 13.2. The lowest BCUT2D eigenvalue weighted by atomic mass is 9.94. The Bertz CT molecular complexity index is 1720. The average molecular weight is 639 g/mol. The van der Waals surface area contributed by atoms with Gasteiger partial charge in [0.2, 0.25) is 5.88 Å². The number of carbonyl (C=O) groups excluding carboxylic acids is 2. The van der Waals surface area contributed by atoms with Crippen LogP contribution in [0.2, 0.25) is 5.02 Å². The Morgan fingerprint density at radius 1 is 1.09 bits per heavy atom. The number of pyridine rings is 1. The monoisotopic (exact) mass is 638 g/mol. The minimum atomic E-state index is -0.454. The molecular formula is C38H43ClN4O3. The van der Waals surface area contributed by atoms with Gasteiger partial charge in [0.25, 0.3) is 11.8 Å². The summed E-state index contributed by atoms with van der Waals surface area (Å²) in [5.41, 5.74) is 7.59. The van der Waals surface area contributed by atoms with E-state index in [1.165, 1.54) is 35.5 Å². The van der Waals surface area contributed by atoms with Crippen LogP contribution >= 0.6 is 11.6 Å². The van der Waals surface area contributed by atoms with Crippen LogP contribution in [-0.2, 0) is 22.4 Å². The molecule has 2 aliphatic carbocycles. The SMILES string of the molecule is CC/C=C/C=C(/C(=O)Nc1cccc(-c2cccc(-c3cc4c(c(OC)n3)C(N3CC5CC5C3)CC4)c2Cl)c1CC)C(=O)N(C)C. The molecule has 0 radical (unpaired) electrons. The number of fused-ring (bicyclic) bond motifs is 2. The van der Waals surface area contributed by atoms with E-state index in [4.69, 9.17) is 21.3 Å². The van der Waals surface area contributed by atoms with E-state index in [1.54, 1.807) is 33.4 Å². The highest BCUT2D eigenvalue weighted by Crippen LogP contribution is 2.51. The quantitative estimate of drug-likeness (QED) is 0.108. The van der Waals surface area contributed by atoms with Crippen LogP contribution in [0.5, 0.6) is 5.88 Å². The first-order valence-corrected chi connectivity index (χ1v) is 16.8. The number of allylic oxidation sites excluding steroid dienone is 3. The van der Waals surface area contributed by atoms with E-state index in [2.05, 4.69) is 16.3 Å². The number of piperidine rings is 1. The number of amides is 2. The highest BCUT2D eigenvalue weighted by atomic mass is 35.5. The van der Waals surface area contributed by atoms with Crippen LogP contribution in [0.15, 0.2) is 66.3 Å². The lowest BCUT2D eigenvalue weighted by Crippen LogP contribution is -2.30.